The lowest BCUT2D eigenvalue weighted by atomic mass is 9.86. The van der Waals surface area contributed by atoms with Crippen LogP contribution in [0.25, 0.3) is 90.2 Å². The predicted octanol–water partition coefficient (Wildman–Crippen LogP) is 9.18. The van der Waals surface area contributed by atoms with Crippen molar-refractivity contribution in [3.63, 3.8) is 0 Å². The Balaban J connectivity index is 0.000000103. The standard InChI is InChI=1S/C20H22ClN7O.C19H21F3N8O.C19H24N8O.C18H20N8O/c1-20(2)19-24-14-17(27(19)3-4-29-20)25-16(11-7-13(21)15(22)23-8-11)26-18(14)28-9-10-5-12(28)6-10;1-18(2)16-26-12-14(29-4-3-11(9-29)19(20,21)22)27-13(10-7-24-17(23)25-8-10)28-15(12)30(16)5-6-31-18;1-4-26(12-5-6-12)15-13-16(27-7-8-28-19(2,3)17(27)23-13)25-14(24-15)11-9-21-18(20)22-10-11;1-9-15-22-13-16(25(15)2-3-27-9)23-14(11-6-20-18(19)21-7-11)24-17(13)26-8-10-4-12(26)5-10/h7-8,10,12H,3-6,9H2,1-2H3,(H2,22,23);7-8,11H,3-6,9H2,1-2H3,(H2,23,24,25);9-10,12H,4-8H2,1-3H3,(H2,20,21,22);6-7,9-10,12H,2-5,8H2,1H3,(H2,19,20,21)/t;;;9-,10?,12?/m...1/s1. The van der Waals surface area contributed by atoms with Crippen molar-refractivity contribution < 1.29 is 32.1 Å². The Hall–Kier alpha value is -11.1. The van der Waals surface area contributed by atoms with Gasteiger partial charge in [0.05, 0.1) is 54.1 Å². The van der Waals surface area contributed by atoms with Crippen molar-refractivity contribution in [1.29, 1.82) is 0 Å². The van der Waals surface area contributed by atoms with E-state index in [0.717, 1.165) is 136 Å². The summed E-state index contributed by atoms with van der Waals surface area (Å²) in [5.41, 5.74) is 30.0. The predicted molar refractivity (Wildman–Crippen MR) is 422 cm³/mol. The Labute approximate surface area is 661 Å². The summed E-state index contributed by atoms with van der Waals surface area (Å²) in [6.45, 7) is 24.3. The van der Waals surface area contributed by atoms with E-state index in [1.807, 2.05) is 53.0 Å². The van der Waals surface area contributed by atoms with Crippen molar-refractivity contribution in [2.24, 2.45) is 17.8 Å². The zero-order valence-corrected chi connectivity index (χ0v) is 65.6. The van der Waals surface area contributed by atoms with Crippen molar-refractivity contribution in [2.45, 2.75) is 174 Å². The number of anilines is 8. The molecule has 598 valence electrons. The van der Waals surface area contributed by atoms with E-state index in [0.29, 0.717) is 114 Å². The number of nitrogens with two attached hydrogens (primary N) is 4. The molecule has 4 bridgehead atoms. The van der Waals surface area contributed by atoms with Crippen LogP contribution in [0.3, 0.4) is 0 Å². The van der Waals surface area contributed by atoms with Crippen molar-refractivity contribution >= 4 is 103 Å². The first-order chi connectivity index (χ1) is 55.2. The third kappa shape index (κ3) is 13.3. The molecule has 35 nitrogen and oxygen atoms in total. The molecule has 39 heteroatoms. The van der Waals surface area contributed by atoms with Gasteiger partial charge in [0, 0.05) is 126 Å². The molecule has 0 spiro atoms. The van der Waals surface area contributed by atoms with Gasteiger partial charge in [-0.25, -0.2) is 94.7 Å². The summed E-state index contributed by atoms with van der Waals surface area (Å²) in [4.78, 5) is 95.5. The molecule has 1 unspecified atom stereocenters. The molecule has 3 aliphatic carbocycles. The summed E-state index contributed by atoms with van der Waals surface area (Å²) >= 11 is 6.22. The summed E-state index contributed by atoms with van der Waals surface area (Å²) in [6.07, 6.45) is 14.4. The molecule has 2 atom stereocenters. The van der Waals surface area contributed by atoms with E-state index in [1.54, 1.807) is 42.0 Å². The first-order valence-corrected chi connectivity index (χ1v) is 39.5. The maximum Gasteiger partial charge on any atom is 0.393 e. The number of nitrogen functional groups attached to an aromatic ring is 4. The van der Waals surface area contributed by atoms with E-state index in [1.165, 1.54) is 50.9 Å². The van der Waals surface area contributed by atoms with Crippen LogP contribution < -0.4 is 42.5 Å². The van der Waals surface area contributed by atoms with Gasteiger partial charge in [0.2, 0.25) is 17.8 Å². The summed E-state index contributed by atoms with van der Waals surface area (Å²) in [7, 11) is 0. The third-order valence-electron chi connectivity index (χ3n) is 23.6. The number of rotatable bonds is 10. The number of fused-ring (bicyclic) bond motifs is 14. The number of imidazole rings is 4. The van der Waals surface area contributed by atoms with E-state index in [-0.39, 0.29) is 43.5 Å². The number of nitrogens with zero attached hydrogens (tertiary/aromatic N) is 27. The number of ether oxygens (including phenoxy) is 4. The molecule has 5 saturated heterocycles. The largest absolute Gasteiger partial charge is 0.393 e. The van der Waals surface area contributed by atoms with Crippen LogP contribution in [0.5, 0.6) is 0 Å². The molecule has 0 aromatic carbocycles. The maximum absolute atomic E-state index is 13.3. The highest BCUT2D eigenvalue weighted by atomic mass is 35.5. The molecule has 3 saturated carbocycles. The summed E-state index contributed by atoms with van der Waals surface area (Å²) < 4.78 is 71.9. The highest BCUT2D eigenvalue weighted by Crippen LogP contribution is 2.49. The van der Waals surface area contributed by atoms with Gasteiger partial charge in [0.25, 0.3) is 0 Å². The van der Waals surface area contributed by atoms with Crippen LogP contribution in [-0.4, -0.2) is 196 Å². The first kappa shape index (κ1) is 74.0. The Kier molecular flexibility index (Phi) is 17.9. The lowest BCUT2D eigenvalue weighted by Gasteiger charge is -2.30. The molecule has 8 N–H and O–H groups in total. The monoisotopic (exact) mass is 1590 g/mol. The second-order valence-corrected chi connectivity index (χ2v) is 32.9. The molecule has 24 rings (SSSR count). The highest BCUT2D eigenvalue weighted by Gasteiger charge is 2.49. The number of halogens is 4. The number of hydrogen-bond donors (Lipinski definition) is 4. The van der Waals surface area contributed by atoms with Crippen LogP contribution >= 0.6 is 11.6 Å². The molecule has 0 amide bonds. The van der Waals surface area contributed by atoms with E-state index in [9.17, 15) is 13.2 Å². The minimum Gasteiger partial charge on any atom is -0.382 e. The van der Waals surface area contributed by atoms with Crippen molar-refractivity contribution in [3.05, 3.63) is 77.8 Å². The highest BCUT2D eigenvalue weighted by molar-refractivity contribution is 6.33. The summed E-state index contributed by atoms with van der Waals surface area (Å²) in [6, 6.07) is 3.40. The van der Waals surface area contributed by atoms with E-state index in [4.69, 9.17) is 103 Å². The van der Waals surface area contributed by atoms with Crippen LogP contribution in [-0.2, 0) is 61.9 Å². The lowest BCUT2D eigenvalue weighted by molar-refractivity contribution is -0.168. The van der Waals surface area contributed by atoms with Gasteiger partial charge in [0.1, 0.15) is 52.0 Å². The zero-order chi connectivity index (χ0) is 79.5. The Morgan fingerprint density at radius 3 is 1.32 bits per heavy atom. The molecular weight excluding hydrogens is 1500 g/mol. The molecule has 0 radical (unpaired) electrons. The molecule has 115 heavy (non-hydrogen) atoms. The van der Waals surface area contributed by atoms with Gasteiger partial charge >= 0.3 is 6.18 Å². The van der Waals surface area contributed by atoms with E-state index < -0.39 is 28.9 Å². The van der Waals surface area contributed by atoms with Crippen LogP contribution in [0.15, 0.2) is 49.4 Å². The van der Waals surface area contributed by atoms with Gasteiger partial charge in [-0.15, -0.1) is 0 Å². The van der Waals surface area contributed by atoms with Gasteiger partial charge < -0.3 is 79.8 Å². The normalized spacial score (nSPS) is 22.5. The Morgan fingerprint density at radius 2 is 0.887 bits per heavy atom. The second-order valence-electron chi connectivity index (χ2n) is 32.5. The first-order valence-electron chi connectivity index (χ1n) is 39.1. The smallest absolute Gasteiger partial charge is 0.382 e. The summed E-state index contributed by atoms with van der Waals surface area (Å²) in [5, 5.41) is 0.404. The fourth-order valence-corrected chi connectivity index (χ4v) is 17.5. The van der Waals surface area contributed by atoms with Crippen LogP contribution in [0.2, 0.25) is 5.02 Å². The van der Waals surface area contributed by atoms with Crippen LogP contribution in [0.4, 0.5) is 60.1 Å². The van der Waals surface area contributed by atoms with Gasteiger partial charge in [0.15, 0.2) is 91.2 Å². The Morgan fingerprint density at radius 1 is 0.478 bits per heavy atom. The molecule has 12 aromatic rings. The minimum absolute atomic E-state index is 0.0114. The van der Waals surface area contributed by atoms with Gasteiger partial charge in [-0.05, 0) is 118 Å². The van der Waals surface area contributed by atoms with Crippen molar-refractivity contribution in [2.75, 3.05) is 102 Å². The van der Waals surface area contributed by atoms with Crippen LogP contribution in [0.1, 0.15) is 130 Å². The van der Waals surface area contributed by atoms with Gasteiger partial charge in [-0.3, -0.25) is 0 Å². The number of pyridine rings is 1. The molecule has 12 aromatic heterocycles. The zero-order valence-electron chi connectivity index (χ0n) is 64.8. The minimum atomic E-state index is -4.25. The van der Waals surface area contributed by atoms with Crippen molar-refractivity contribution in [3.8, 4) is 45.6 Å². The summed E-state index contributed by atoms with van der Waals surface area (Å²) in [5.74, 6) is 9.59. The second kappa shape index (κ2) is 27.8. The Bertz CT molecular complexity index is 5780. The van der Waals surface area contributed by atoms with E-state index in [2.05, 4.69) is 80.2 Å². The average molecular weight is 1590 g/mol. The number of aromatic nitrogens is 23. The molecule has 21 heterocycles. The van der Waals surface area contributed by atoms with E-state index >= 15 is 0 Å². The molecule has 9 aliphatic heterocycles. The maximum atomic E-state index is 13.3. The molecular formula is C76H87ClF3N31O4. The fourth-order valence-electron chi connectivity index (χ4n) is 17.3. The van der Waals surface area contributed by atoms with Crippen molar-refractivity contribution in [1.82, 2.24) is 113 Å². The fraction of sp³-hybridized carbons (Fsp3) is 0.513. The molecule has 8 fully saturated rings. The van der Waals surface area contributed by atoms with Gasteiger partial charge in [-0.1, -0.05) is 11.6 Å². The van der Waals surface area contributed by atoms with Crippen LogP contribution in [0, 0.1) is 17.8 Å². The average Bonchev–Trinajstić information content (AvgIpc) is 1.59. The number of hydrogen-bond acceptors (Lipinski definition) is 31. The third-order valence-corrected chi connectivity index (χ3v) is 23.9. The topological polar surface area (TPSA) is 419 Å². The molecule has 12 aliphatic rings. The van der Waals surface area contributed by atoms with Gasteiger partial charge in [-0.2, -0.15) is 13.2 Å². The quantitative estimate of drug-likeness (QED) is 0.0990. The lowest BCUT2D eigenvalue weighted by Crippen LogP contribution is -2.33. The SMILES string of the molecule is CC1(C)OCCn2c1nc1c(N3CC4CC3C4)nc(-c3cnc(N)c(Cl)c3)nc12.CC1(C)OCCn2c1nc1c(N3CCC(C(F)(F)F)C3)nc(-c3cnc(N)nc3)nc12.CCN(c1nc(-c2cnc(N)nc2)nc2c1nc1n2CCOC1(C)C)C1CC1.C[C@H]1OCCn2c1nc1c(N3CC4CC3C4)nc(-c3cnc(N)nc3)nc12. The number of alkyl halides is 3.